The average molecular weight is 362 g/mol. The molecule has 0 bridgehead atoms. The van der Waals surface area contributed by atoms with Crippen molar-refractivity contribution in [1.82, 2.24) is 4.72 Å². The first-order chi connectivity index (χ1) is 11.5. The van der Waals surface area contributed by atoms with Crippen LogP contribution in [-0.2, 0) is 10.0 Å². The van der Waals surface area contributed by atoms with Gasteiger partial charge >= 0.3 is 0 Å². The van der Waals surface area contributed by atoms with Crippen LogP contribution in [0.1, 0.15) is 11.7 Å². The quantitative estimate of drug-likeness (QED) is 0.730. The molecule has 3 aromatic carbocycles. The molecule has 1 atom stereocenters. The molecule has 0 radical (unpaired) electrons. The fourth-order valence-electron chi connectivity index (χ4n) is 2.56. The summed E-state index contributed by atoms with van der Waals surface area (Å²) < 4.78 is 27.0. The van der Waals surface area contributed by atoms with Crippen LogP contribution < -0.4 is 4.72 Å². The van der Waals surface area contributed by atoms with Crippen molar-refractivity contribution in [2.45, 2.75) is 11.0 Å². The van der Waals surface area contributed by atoms with E-state index in [1.54, 1.807) is 18.2 Å². The highest BCUT2D eigenvalue weighted by Gasteiger charge is 2.18. The molecule has 24 heavy (non-hydrogen) atoms. The lowest BCUT2D eigenvalue weighted by molar-refractivity contribution is 0.183. The Morgan fingerprint density at radius 2 is 1.71 bits per heavy atom. The van der Waals surface area contributed by atoms with E-state index in [0.717, 1.165) is 10.8 Å². The molecular weight excluding hydrogens is 346 g/mol. The van der Waals surface area contributed by atoms with Gasteiger partial charge in [-0.05, 0) is 34.5 Å². The second kappa shape index (κ2) is 6.91. The lowest BCUT2D eigenvalue weighted by atomic mass is 10.0. The van der Waals surface area contributed by atoms with Gasteiger partial charge in [-0.15, -0.1) is 0 Å². The van der Waals surface area contributed by atoms with Crippen molar-refractivity contribution < 1.29 is 13.5 Å². The summed E-state index contributed by atoms with van der Waals surface area (Å²) in [7, 11) is -3.73. The minimum atomic E-state index is -3.73. The first-order valence-corrected chi connectivity index (χ1v) is 9.24. The van der Waals surface area contributed by atoms with E-state index in [-0.39, 0.29) is 11.4 Å². The summed E-state index contributed by atoms with van der Waals surface area (Å²) in [5, 5.41) is 12.7. The van der Waals surface area contributed by atoms with Crippen molar-refractivity contribution in [2.24, 2.45) is 0 Å². The summed E-state index contributed by atoms with van der Waals surface area (Å²) in [5.74, 6) is 0. The summed E-state index contributed by atoms with van der Waals surface area (Å²) in [6.07, 6.45) is -0.954. The predicted molar refractivity (Wildman–Crippen MR) is 95.5 cm³/mol. The topological polar surface area (TPSA) is 66.4 Å². The van der Waals surface area contributed by atoms with Crippen LogP contribution >= 0.6 is 11.6 Å². The Morgan fingerprint density at radius 1 is 1.00 bits per heavy atom. The highest BCUT2D eigenvalue weighted by Crippen LogP contribution is 2.24. The van der Waals surface area contributed by atoms with Crippen LogP contribution in [0.5, 0.6) is 0 Å². The van der Waals surface area contributed by atoms with Gasteiger partial charge in [0, 0.05) is 11.6 Å². The highest BCUT2D eigenvalue weighted by molar-refractivity contribution is 7.89. The van der Waals surface area contributed by atoms with Crippen molar-refractivity contribution in [3.63, 3.8) is 0 Å². The van der Waals surface area contributed by atoms with Crippen LogP contribution in [0.4, 0.5) is 0 Å². The molecule has 0 fully saturated rings. The number of aliphatic hydroxyl groups excluding tert-OH is 1. The molecular formula is C18H16ClNO3S. The zero-order valence-electron chi connectivity index (χ0n) is 12.7. The number of sulfonamides is 1. The molecule has 2 N–H and O–H groups in total. The van der Waals surface area contributed by atoms with E-state index >= 15 is 0 Å². The molecule has 0 saturated heterocycles. The van der Waals surface area contributed by atoms with Crippen molar-refractivity contribution >= 4 is 32.4 Å². The maximum atomic E-state index is 12.3. The van der Waals surface area contributed by atoms with Gasteiger partial charge < -0.3 is 5.11 Å². The molecule has 4 nitrogen and oxygen atoms in total. The Kier molecular flexibility index (Phi) is 4.87. The Balaban J connectivity index is 1.81. The molecule has 0 amide bonds. The number of aliphatic hydroxyl groups is 1. The van der Waals surface area contributed by atoms with Crippen molar-refractivity contribution in [3.8, 4) is 0 Å². The van der Waals surface area contributed by atoms with Gasteiger partial charge in [-0.3, -0.25) is 0 Å². The smallest absolute Gasteiger partial charge is 0.240 e. The van der Waals surface area contributed by atoms with Gasteiger partial charge in [0.15, 0.2) is 0 Å². The van der Waals surface area contributed by atoms with E-state index in [0.29, 0.717) is 10.6 Å². The SMILES string of the molecule is O=S(=O)(NCC(O)c1cccc2ccccc12)c1cccc(Cl)c1. The predicted octanol–water partition coefficient (Wildman–Crippen LogP) is 3.51. The Morgan fingerprint density at radius 3 is 2.50 bits per heavy atom. The lowest BCUT2D eigenvalue weighted by Crippen LogP contribution is -2.28. The van der Waals surface area contributed by atoms with Crippen molar-refractivity contribution in [2.75, 3.05) is 6.54 Å². The number of halogens is 1. The molecule has 0 saturated carbocycles. The van der Waals surface area contributed by atoms with Crippen LogP contribution in [0.2, 0.25) is 5.02 Å². The van der Waals surface area contributed by atoms with Gasteiger partial charge in [0.25, 0.3) is 0 Å². The third kappa shape index (κ3) is 3.60. The molecule has 0 aliphatic carbocycles. The zero-order chi connectivity index (χ0) is 17.2. The summed E-state index contributed by atoms with van der Waals surface area (Å²) in [6, 6.07) is 19.2. The molecule has 3 rings (SSSR count). The summed E-state index contributed by atoms with van der Waals surface area (Å²) in [6.45, 7) is -0.122. The molecule has 6 heteroatoms. The third-order valence-electron chi connectivity index (χ3n) is 3.76. The first kappa shape index (κ1) is 16.9. The maximum absolute atomic E-state index is 12.3. The van der Waals surface area contributed by atoms with E-state index in [2.05, 4.69) is 4.72 Å². The largest absolute Gasteiger partial charge is 0.387 e. The summed E-state index contributed by atoms with van der Waals surface area (Å²) in [4.78, 5) is 0.0696. The number of hydrogen-bond donors (Lipinski definition) is 2. The molecule has 0 spiro atoms. The van der Waals surface area contributed by atoms with Crippen LogP contribution in [0.25, 0.3) is 10.8 Å². The van der Waals surface area contributed by atoms with Crippen LogP contribution in [0.3, 0.4) is 0 Å². The molecule has 0 aromatic heterocycles. The van der Waals surface area contributed by atoms with Gasteiger partial charge in [-0.2, -0.15) is 0 Å². The fraction of sp³-hybridized carbons (Fsp3) is 0.111. The number of fused-ring (bicyclic) bond motifs is 1. The zero-order valence-corrected chi connectivity index (χ0v) is 14.3. The Labute approximate surface area is 145 Å². The molecule has 3 aromatic rings. The van der Waals surface area contributed by atoms with Crippen LogP contribution in [0, 0.1) is 0 Å². The minimum absolute atomic E-state index is 0.0696. The highest BCUT2D eigenvalue weighted by atomic mass is 35.5. The van der Waals surface area contributed by atoms with Gasteiger partial charge in [-0.1, -0.05) is 60.1 Å². The molecule has 0 aliphatic rings. The number of hydrogen-bond acceptors (Lipinski definition) is 3. The summed E-state index contributed by atoms with van der Waals surface area (Å²) in [5.41, 5.74) is 0.682. The average Bonchev–Trinajstić information content (AvgIpc) is 2.59. The summed E-state index contributed by atoms with van der Waals surface area (Å²) >= 11 is 5.83. The Hall–Kier alpha value is -1.92. The molecule has 0 heterocycles. The number of nitrogens with one attached hydrogen (secondary N) is 1. The van der Waals surface area contributed by atoms with E-state index in [9.17, 15) is 13.5 Å². The number of benzene rings is 3. The second-order valence-electron chi connectivity index (χ2n) is 5.39. The van der Waals surface area contributed by atoms with Gasteiger partial charge in [0.2, 0.25) is 10.0 Å². The fourth-order valence-corrected chi connectivity index (χ4v) is 3.90. The van der Waals surface area contributed by atoms with Crippen molar-refractivity contribution in [3.05, 3.63) is 77.3 Å². The lowest BCUT2D eigenvalue weighted by Gasteiger charge is -2.15. The number of rotatable bonds is 5. The minimum Gasteiger partial charge on any atom is -0.387 e. The van der Waals surface area contributed by atoms with Crippen molar-refractivity contribution in [1.29, 1.82) is 0 Å². The molecule has 0 aliphatic heterocycles. The normalized spacial score (nSPS) is 13.1. The monoisotopic (exact) mass is 361 g/mol. The molecule has 1 unspecified atom stereocenters. The first-order valence-electron chi connectivity index (χ1n) is 7.38. The van der Waals surface area contributed by atoms with Gasteiger partial charge in [0.1, 0.15) is 0 Å². The second-order valence-corrected chi connectivity index (χ2v) is 7.60. The van der Waals surface area contributed by atoms with E-state index in [1.165, 1.54) is 12.1 Å². The molecule has 124 valence electrons. The standard InChI is InChI=1S/C18H16ClNO3S/c19-14-7-4-8-15(11-14)24(22,23)20-12-18(21)17-10-3-6-13-5-1-2-9-16(13)17/h1-11,18,20-21H,12H2. The van der Waals surface area contributed by atoms with E-state index in [1.807, 2.05) is 36.4 Å². The van der Waals surface area contributed by atoms with Gasteiger partial charge in [-0.25, -0.2) is 13.1 Å². The third-order valence-corrected chi connectivity index (χ3v) is 5.41. The maximum Gasteiger partial charge on any atom is 0.240 e. The Bertz CT molecular complexity index is 967. The van der Waals surface area contributed by atoms with Crippen LogP contribution in [-0.4, -0.2) is 20.1 Å². The van der Waals surface area contributed by atoms with Gasteiger partial charge in [0.05, 0.1) is 11.0 Å². The van der Waals surface area contributed by atoms with E-state index in [4.69, 9.17) is 11.6 Å². The van der Waals surface area contributed by atoms with E-state index < -0.39 is 16.1 Å². The van der Waals surface area contributed by atoms with Crippen LogP contribution in [0.15, 0.2) is 71.6 Å².